The molecule has 0 saturated heterocycles. The van der Waals surface area contributed by atoms with E-state index < -0.39 is 22.0 Å². The van der Waals surface area contributed by atoms with Crippen molar-refractivity contribution in [2.45, 2.75) is 32.6 Å². The minimum atomic E-state index is -0.790. The standard InChI is InChI=1S/C6H13O.O.2Sn.H/c1-2-3-4-5-6-7;;;;/h2-6H2,1H3;;;;/q-1;;;+1;. The zero-order valence-corrected chi connectivity index (χ0v) is 12.6. The average molecular weight is 356 g/mol. The maximum atomic E-state index is 5.31. The summed E-state index contributed by atoms with van der Waals surface area (Å²) in [5.41, 5.74) is 0. The minimum absolute atomic E-state index is 0.790. The Labute approximate surface area is 88.0 Å². The molecule has 0 bridgehead atoms. The number of hydrogen-bond acceptors (Lipinski definition) is 2. The molecule has 58 valence electrons. The van der Waals surface area contributed by atoms with Crippen LogP contribution < -0.4 is 0 Å². The van der Waals surface area contributed by atoms with E-state index in [2.05, 4.69) is 6.92 Å². The molecular weight excluding hydrogens is 341 g/mol. The van der Waals surface area contributed by atoms with Gasteiger partial charge in [-0.3, -0.25) is 0 Å². The van der Waals surface area contributed by atoms with Crippen molar-refractivity contribution in [3.05, 3.63) is 0 Å². The summed E-state index contributed by atoms with van der Waals surface area (Å²) in [6.45, 7) is 3.16. The van der Waals surface area contributed by atoms with Crippen LogP contribution in [0.2, 0.25) is 0 Å². The molecule has 0 fully saturated rings. The van der Waals surface area contributed by atoms with Gasteiger partial charge < -0.3 is 0 Å². The molecule has 0 aromatic carbocycles. The van der Waals surface area contributed by atoms with Gasteiger partial charge in [0.15, 0.2) is 0 Å². The molecule has 0 N–H and O–H groups in total. The second-order valence-electron chi connectivity index (χ2n) is 2.11. The first-order chi connectivity index (χ1) is 4.91. The van der Waals surface area contributed by atoms with Gasteiger partial charge in [-0.25, -0.2) is 0 Å². The van der Waals surface area contributed by atoms with E-state index in [1.165, 1.54) is 25.7 Å². The summed E-state index contributed by atoms with van der Waals surface area (Å²) in [5.74, 6) is 0. The van der Waals surface area contributed by atoms with E-state index in [9.17, 15) is 0 Å². The fourth-order valence-corrected chi connectivity index (χ4v) is 2.82. The van der Waals surface area contributed by atoms with Crippen molar-refractivity contribution in [2.75, 3.05) is 6.61 Å². The molecule has 0 rings (SSSR count). The Morgan fingerprint density at radius 1 is 1.30 bits per heavy atom. The van der Waals surface area contributed by atoms with Crippen LogP contribution in [-0.4, -0.2) is 51.5 Å². The van der Waals surface area contributed by atoms with Crippen molar-refractivity contribution < 1.29 is 4.49 Å². The zero-order chi connectivity index (χ0) is 7.66. The van der Waals surface area contributed by atoms with Crippen LogP contribution in [0.25, 0.3) is 0 Å². The number of unbranched alkanes of at least 4 members (excludes halogenated alkanes) is 3. The fraction of sp³-hybridized carbons (Fsp3) is 1.00. The molecule has 0 aliphatic carbocycles. The van der Waals surface area contributed by atoms with Crippen molar-refractivity contribution in [2.24, 2.45) is 0 Å². The first-order valence-corrected chi connectivity index (χ1v) is 7.32. The van der Waals surface area contributed by atoms with Crippen LogP contribution in [0, 0.1) is 0 Å². The van der Waals surface area contributed by atoms with Crippen LogP contribution in [0.3, 0.4) is 0 Å². The Morgan fingerprint density at radius 2 is 2.10 bits per heavy atom. The van der Waals surface area contributed by atoms with Gasteiger partial charge in [0.2, 0.25) is 0 Å². The van der Waals surface area contributed by atoms with Crippen molar-refractivity contribution in [1.29, 1.82) is 0 Å². The predicted molar refractivity (Wildman–Crippen MR) is 44.1 cm³/mol. The molecule has 0 saturated carbocycles. The number of hydrogen-bond donors (Lipinski definition) is 0. The van der Waals surface area contributed by atoms with Gasteiger partial charge in [0.25, 0.3) is 0 Å². The summed E-state index contributed by atoms with van der Waals surface area (Å²) in [4.78, 5) is 0. The van der Waals surface area contributed by atoms with Crippen LogP contribution in [0.15, 0.2) is 0 Å². The van der Waals surface area contributed by atoms with Gasteiger partial charge in [-0.2, -0.15) is 0 Å². The van der Waals surface area contributed by atoms with Crippen LogP contribution in [0.5, 0.6) is 0 Å². The maximum absolute atomic E-state index is 5.31. The monoisotopic (exact) mass is 358 g/mol. The molecule has 0 atom stereocenters. The molecule has 0 aromatic heterocycles. The topological polar surface area (TPSA) is 18.5 Å². The average Bonchev–Trinajstić information content (AvgIpc) is 1.97. The van der Waals surface area contributed by atoms with Gasteiger partial charge in [-0.15, -0.1) is 0 Å². The van der Waals surface area contributed by atoms with Crippen molar-refractivity contribution in [3.63, 3.8) is 0 Å². The third-order valence-corrected chi connectivity index (χ3v) is 4.24. The normalized spacial score (nSPS) is 10.2. The van der Waals surface area contributed by atoms with Crippen LogP contribution >= 0.6 is 0 Å². The van der Waals surface area contributed by atoms with E-state index >= 15 is 0 Å². The Kier molecular flexibility index (Phi) is 12.1. The Hall–Kier alpha value is 1.52. The van der Waals surface area contributed by atoms with Gasteiger partial charge in [0.05, 0.1) is 0 Å². The van der Waals surface area contributed by atoms with Gasteiger partial charge in [0, 0.05) is 0 Å². The van der Waals surface area contributed by atoms with Gasteiger partial charge in [-0.1, -0.05) is 0 Å². The van der Waals surface area contributed by atoms with Gasteiger partial charge in [0.1, 0.15) is 0 Å². The van der Waals surface area contributed by atoms with E-state index in [1.54, 1.807) is 0 Å². The molecule has 10 heavy (non-hydrogen) atoms. The summed E-state index contributed by atoms with van der Waals surface area (Å²) >= 11 is 0.125. The molecule has 0 unspecified atom stereocenters. The van der Waals surface area contributed by atoms with Crippen LogP contribution in [-0.2, 0) is 4.49 Å². The van der Waals surface area contributed by atoms with E-state index in [1.807, 2.05) is 0 Å². The molecule has 2 nitrogen and oxygen atoms in total. The summed E-state index contributed by atoms with van der Waals surface area (Å²) in [6, 6.07) is 0. The first-order valence-electron chi connectivity index (χ1n) is 3.64. The van der Waals surface area contributed by atoms with Gasteiger partial charge in [-0.05, 0) is 0 Å². The van der Waals surface area contributed by atoms with E-state index in [0.29, 0.717) is 0 Å². The van der Waals surface area contributed by atoms with Crippen LogP contribution in [0.1, 0.15) is 32.6 Å². The summed E-state index contributed by atoms with van der Waals surface area (Å²) < 4.78 is 10.3. The Balaban J connectivity index is 2.65. The Morgan fingerprint density at radius 3 is 2.70 bits per heavy atom. The molecule has 0 heterocycles. The molecular formula is C6H14O2Sn2. The Bertz CT molecular complexity index is 53.7. The molecule has 4 heteroatoms. The van der Waals surface area contributed by atoms with Crippen molar-refractivity contribution in [3.8, 4) is 0 Å². The quantitative estimate of drug-likeness (QED) is 0.500. The second-order valence-corrected chi connectivity index (χ2v) is 8.60. The molecule has 0 amide bonds. The SMILES string of the molecule is CCCCCC[O][Sn][O][SnH]. The third-order valence-electron chi connectivity index (χ3n) is 1.21. The van der Waals surface area contributed by atoms with E-state index in [0.717, 1.165) is 29.5 Å². The molecule has 0 aliphatic heterocycles. The summed E-state index contributed by atoms with van der Waals surface area (Å²) in [5, 5.41) is 0. The molecule has 0 aliphatic rings. The van der Waals surface area contributed by atoms with E-state index in [4.69, 9.17) is 4.49 Å². The summed E-state index contributed by atoms with van der Waals surface area (Å²) in [6.07, 6.45) is 5.18. The van der Waals surface area contributed by atoms with Crippen molar-refractivity contribution in [1.82, 2.24) is 0 Å². The third kappa shape index (κ3) is 9.52. The summed E-state index contributed by atoms with van der Waals surface area (Å²) in [7, 11) is 0. The fourth-order valence-electron chi connectivity index (χ4n) is 0.677. The predicted octanol–water partition coefficient (Wildman–Crippen LogP) is 0.950. The van der Waals surface area contributed by atoms with E-state index in [-0.39, 0.29) is 0 Å². The molecule has 0 spiro atoms. The van der Waals surface area contributed by atoms with Crippen LogP contribution in [0.4, 0.5) is 0 Å². The molecule has 0 aromatic rings. The second kappa shape index (κ2) is 10.5. The first kappa shape index (κ1) is 11.5. The molecule has 4 radical (unpaired) electrons. The van der Waals surface area contributed by atoms with Crippen molar-refractivity contribution >= 4 is 44.9 Å². The zero-order valence-electron chi connectivity index (χ0n) is 6.43. The van der Waals surface area contributed by atoms with Gasteiger partial charge >= 0.3 is 88.6 Å². The number of rotatable bonds is 7.